The molecule has 1 fully saturated rings. The van der Waals surface area contributed by atoms with E-state index in [9.17, 15) is 0 Å². The molecule has 20 heavy (non-hydrogen) atoms. The SMILES string of the molecule is CN=C(NCc1nc(C)no1)N1CCSC(C)(C)C1.I. The number of aromatic nitrogens is 2. The number of rotatable bonds is 2. The summed E-state index contributed by atoms with van der Waals surface area (Å²) in [5, 5.41) is 7.05. The van der Waals surface area contributed by atoms with Gasteiger partial charge in [0.25, 0.3) is 0 Å². The Balaban J connectivity index is 0.00000200. The van der Waals surface area contributed by atoms with Crippen molar-refractivity contribution < 1.29 is 4.52 Å². The summed E-state index contributed by atoms with van der Waals surface area (Å²) in [6, 6.07) is 0. The van der Waals surface area contributed by atoms with E-state index in [1.165, 1.54) is 0 Å². The molecule has 1 aliphatic heterocycles. The minimum Gasteiger partial charge on any atom is -0.347 e. The van der Waals surface area contributed by atoms with E-state index < -0.39 is 0 Å². The third kappa shape index (κ3) is 4.80. The average molecular weight is 411 g/mol. The number of aliphatic imine (C=N–C) groups is 1. The number of aryl methyl sites for hydroxylation is 1. The lowest BCUT2D eigenvalue weighted by Gasteiger charge is -2.39. The van der Waals surface area contributed by atoms with Gasteiger partial charge >= 0.3 is 0 Å². The summed E-state index contributed by atoms with van der Waals surface area (Å²) in [4.78, 5) is 10.8. The number of hydrogen-bond donors (Lipinski definition) is 1. The van der Waals surface area contributed by atoms with Crippen LogP contribution in [0.3, 0.4) is 0 Å². The topological polar surface area (TPSA) is 66.5 Å². The van der Waals surface area contributed by atoms with Crippen LogP contribution in [0.2, 0.25) is 0 Å². The molecule has 0 amide bonds. The van der Waals surface area contributed by atoms with Crippen molar-refractivity contribution >= 4 is 41.7 Å². The zero-order valence-electron chi connectivity index (χ0n) is 12.3. The van der Waals surface area contributed by atoms with Crippen LogP contribution in [-0.4, -0.2) is 51.6 Å². The van der Waals surface area contributed by atoms with Crippen molar-refractivity contribution in [2.75, 3.05) is 25.9 Å². The summed E-state index contributed by atoms with van der Waals surface area (Å²) in [7, 11) is 1.80. The van der Waals surface area contributed by atoms with Crippen molar-refractivity contribution in [3.63, 3.8) is 0 Å². The van der Waals surface area contributed by atoms with E-state index in [0.29, 0.717) is 18.3 Å². The monoisotopic (exact) mass is 411 g/mol. The maximum absolute atomic E-state index is 5.09. The van der Waals surface area contributed by atoms with Gasteiger partial charge in [0, 0.05) is 30.6 Å². The van der Waals surface area contributed by atoms with Crippen LogP contribution in [0.4, 0.5) is 0 Å². The second-order valence-electron chi connectivity index (χ2n) is 5.17. The number of hydrogen-bond acceptors (Lipinski definition) is 5. The van der Waals surface area contributed by atoms with Crippen LogP contribution in [0.1, 0.15) is 25.6 Å². The summed E-state index contributed by atoms with van der Waals surface area (Å²) < 4.78 is 5.35. The first kappa shape index (κ1) is 17.5. The molecule has 0 saturated carbocycles. The predicted octanol–water partition coefficient (Wildman–Crippen LogP) is 1.90. The maximum atomic E-state index is 5.09. The summed E-state index contributed by atoms with van der Waals surface area (Å²) in [6.07, 6.45) is 0. The average Bonchev–Trinajstić information content (AvgIpc) is 2.75. The number of nitrogens with zero attached hydrogens (tertiary/aromatic N) is 4. The van der Waals surface area contributed by atoms with Gasteiger partial charge in [0.15, 0.2) is 11.8 Å². The Morgan fingerprint density at radius 1 is 1.55 bits per heavy atom. The van der Waals surface area contributed by atoms with Gasteiger partial charge in [-0.25, -0.2) is 0 Å². The number of nitrogens with one attached hydrogen (secondary N) is 1. The molecule has 114 valence electrons. The van der Waals surface area contributed by atoms with Crippen LogP contribution in [0.25, 0.3) is 0 Å². The van der Waals surface area contributed by atoms with Crippen LogP contribution in [-0.2, 0) is 6.54 Å². The summed E-state index contributed by atoms with van der Waals surface area (Å²) >= 11 is 2.00. The number of halogens is 1. The van der Waals surface area contributed by atoms with Crippen molar-refractivity contribution in [3.8, 4) is 0 Å². The van der Waals surface area contributed by atoms with Crippen molar-refractivity contribution in [1.82, 2.24) is 20.4 Å². The molecule has 8 heteroatoms. The maximum Gasteiger partial charge on any atom is 0.246 e. The van der Waals surface area contributed by atoms with Crippen LogP contribution in [0.15, 0.2) is 9.52 Å². The molecule has 0 spiro atoms. The van der Waals surface area contributed by atoms with E-state index in [2.05, 4.69) is 39.2 Å². The zero-order valence-corrected chi connectivity index (χ0v) is 15.5. The Morgan fingerprint density at radius 2 is 2.30 bits per heavy atom. The fourth-order valence-electron chi connectivity index (χ4n) is 2.10. The van der Waals surface area contributed by atoms with Crippen molar-refractivity contribution in [3.05, 3.63) is 11.7 Å². The quantitative estimate of drug-likeness (QED) is 0.456. The van der Waals surface area contributed by atoms with Crippen LogP contribution < -0.4 is 5.32 Å². The van der Waals surface area contributed by atoms with E-state index >= 15 is 0 Å². The van der Waals surface area contributed by atoms with Gasteiger partial charge in [0.2, 0.25) is 5.89 Å². The summed E-state index contributed by atoms with van der Waals surface area (Å²) in [5.41, 5.74) is 0. The van der Waals surface area contributed by atoms with E-state index in [4.69, 9.17) is 4.52 Å². The van der Waals surface area contributed by atoms with Gasteiger partial charge in [-0.3, -0.25) is 4.99 Å². The number of thioether (sulfide) groups is 1. The molecule has 0 aromatic carbocycles. The highest BCUT2D eigenvalue weighted by Crippen LogP contribution is 2.29. The molecule has 1 N–H and O–H groups in total. The smallest absolute Gasteiger partial charge is 0.246 e. The fraction of sp³-hybridized carbons (Fsp3) is 0.750. The molecule has 0 aliphatic carbocycles. The van der Waals surface area contributed by atoms with Gasteiger partial charge < -0.3 is 14.7 Å². The first-order chi connectivity index (χ1) is 9.00. The summed E-state index contributed by atoms with van der Waals surface area (Å²) in [5.74, 6) is 3.25. The third-order valence-corrected chi connectivity index (χ3v) is 4.20. The van der Waals surface area contributed by atoms with Crippen molar-refractivity contribution in [2.45, 2.75) is 32.1 Å². The Labute approximate surface area is 141 Å². The molecule has 0 radical (unpaired) electrons. The predicted molar refractivity (Wildman–Crippen MR) is 92.8 cm³/mol. The molecule has 1 aromatic rings. The molecule has 1 saturated heterocycles. The third-order valence-electron chi connectivity index (χ3n) is 2.90. The molecule has 2 rings (SSSR count). The Morgan fingerprint density at radius 3 is 2.85 bits per heavy atom. The van der Waals surface area contributed by atoms with Crippen molar-refractivity contribution in [2.24, 2.45) is 4.99 Å². The molecule has 1 aliphatic rings. The molecular formula is C12H22IN5OS. The molecule has 2 heterocycles. The van der Waals surface area contributed by atoms with E-state index in [1.807, 2.05) is 18.7 Å². The molecule has 1 aromatic heterocycles. The van der Waals surface area contributed by atoms with Gasteiger partial charge in [-0.2, -0.15) is 16.7 Å². The van der Waals surface area contributed by atoms with Gasteiger partial charge in [-0.1, -0.05) is 5.16 Å². The first-order valence-corrected chi connectivity index (χ1v) is 7.37. The Kier molecular flexibility index (Phi) is 6.56. The van der Waals surface area contributed by atoms with Crippen LogP contribution >= 0.6 is 35.7 Å². The first-order valence-electron chi connectivity index (χ1n) is 6.39. The Hall–Kier alpha value is -0.510. The molecule has 0 bridgehead atoms. The lowest BCUT2D eigenvalue weighted by atomic mass is 10.2. The van der Waals surface area contributed by atoms with Crippen molar-refractivity contribution in [1.29, 1.82) is 0 Å². The van der Waals surface area contributed by atoms with E-state index in [0.717, 1.165) is 24.8 Å². The second-order valence-corrected chi connectivity index (χ2v) is 6.97. The lowest BCUT2D eigenvalue weighted by Crippen LogP contribution is -2.50. The molecular weight excluding hydrogens is 389 g/mol. The molecule has 0 unspecified atom stereocenters. The Bertz CT molecular complexity index is 462. The highest BCUT2D eigenvalue weighted by Gasteiger charge is 2.28. The van der Waals surface area contributed by atoms with Crippen LogP contribution in [0, 0.1) is 6.92 Å². The fourth-order valence-corrected chi connectivity index (χ4v) is 3.21. The highest BCUT2D eigenvalue weighted by molar-refractivity contribution is 14.0. The standard InChI is InChI=1S/C12H21N5OS.HI/c1-9-15-10(18-16-9)7-14-11(13-4)17-5-6-19-12(2,3)8-17;/h5-8H2,1-4H3,(H,13,14);1H. The minimum absolute atomic E-state index is 0. The zero-order chi connectivity index (χ0) is 13.9. The summed E-state index contributed by atoms with van der Waals surface area (Å²) in [6.45, 7) is 8.84. The lowest BCUT2D eigenvalue weighted by molar-refractivity contribution is 0.355. The highest BCUT2D eigenvalue weighted by atomic mass is 127. The largest absolute Gasteiger partial charge is 0.347 e. The van der Waals surface area contributed by atoms with Gasteiger partial charge in [-0.15, -0.1) is 24.0 Å². The second kappa shape index (κ2) is 7.48. The van der Waals surface area contributed by atoms with Crippen LogP contribution in [0.5, 0.6) is 0 Å². The normalized spacial score (nSPS) is 18.6. The van der Waals surface area contributed by atoms with E-state index in [1.54, 1.807) is 7.05 Å². The van der Waals surface area contributed by atoms with Gasteiger partial charge in [0.05, 0.1) is 6.54 Å². The molecule has 0 atom stereocenters. The molecule has 6 nitrogen and oxygen atoms in total. The van der Waals surface area contributed by atoms with Gasteiger partial charge in [0.1, 0.15) is 0 Å². The number of guanidine groups is 1. The van der Waals surface area contributed by atoms with Gasteiger partial charge in [-0.05, 0) is 20.8 Å². The minimum atomic E-state index is 0. The van der Waals surface area contributed by atoms with E-state index in [-0.39, 0.29) is 28.7 Å².